The van der Waals surface area contributed by atoms with Gasteiger partial charge in [0.05, 0.1) is 12.1 Å². The van der Waals surface area contributed by atoms with Crippen molar-refractivity contribution in [2.45, 2.75) is 12.5 Å². The number of hydrogen-bond donors (Lipinski definition) is 2. The summed E-state index contributed by atoms with van der Waals surface area (Å²) in [5.41, 5.74) is 7.17. The quantitative estimate of drug-likeness (QED) is 0.657. The Morgan fingerprint density at radius 1 is 1.00 bits per heavy atom. The number of rotatable bonds is 4. The first-order chi connectivity index (χ1) is 11.7. The number of carbonyl (C=O) groups is 2. The lowest BCUT2D eigenvalue weighted by Crippen LogP contribution is -2.41. The molecule has 7 nitrogen and oxygen atoms in total. The third-order valence-corrected chi connectivity index (χ3v) is 3.93. The topological polar surface area (TPSA) is 79.9 Å². The highest BCUT2D eigenvalue weighted by atomic mass is 16.7. The molecule has 1 fully saturated rings. The number of ether oxygens (including phenoxy) is 2. The minimum Gasteiger partial charge on any atom is -0.454 e. The normalized spacial score (nSPS) is 19.0. The van der Waals surface area contributed by atoms with Crippen molar-refractivity contribution in [1.29, 1.82) is 0 Å². The zero-order chi connectivity index (χ0) is 16.5. The van der Waals surface area contributed by atoms with Gasteiger partial charge < -0.3 is 14.9 Å². The number of para-hydroxylation sites is 1. The highest BCUT2D eigenvalue weighted by Gasteiger charge is 2.40. The van der Waals surface area contributed by atoms with E-state index in [0.29, 0.717) is 17.2 Å². The van der Waals surface area contributed by atoms with Crippen molar-refractivity contribution < 1.29 is 19.1 Å². The molecule has 0 radical (unpaired) electrons. The molecule has 0 bridgehead atoms. The molecule has 0 spiro atoms. The van der Waals surface area contributed by atoms with E-state index < -0.39 is 6.04 Å². The second kappa shape index (κ2) is 5.86. The van der Waals surface area contributed by atoms with E-state index >= 15 is 0 Å². The van der Waals surface area contributed by atoms with Crippen LogP contribution < -0.4 is 25.2 Å². The lowest BCUT2D eigenvalue weighted by Gasteiger charge is -2.16. The lowest BCUT2D eigenvalue weighted by molar-refractivity contribution is -0.121. The summed E-state index contributed by atoms with van der Waals surface area (Å²) in [6.07, 6.45) is 0.0904. The molecule has 1 atom stereocenters. The van der Waals surface area contributed by atoms with Crippen LogP contribution in [0.5, 0.6) is 11.5 Å². The summed E-state index contributed by atoms with van der Waals surface area (Å²) in [7, 11) is 0. The predicted molar refractivity (Wildman–Crippen MR) is 86.7 cm³/mol. The Bertz CT molecular complexity index is 794. The van der Waals surface area contributed by atoms with Crippen LogP contribution in [0.2, 0.25) is 0 Å². The number of benzene rings is 2. The molecule has 1 unspecified atom stereocenters. The van der Waals surface area contributed by atoms with Crippen LogP contribution in [0.1, 0.15) is 6.42 Å². The second-order valence-electron chi connectivity index (χ2n) is 5.50. The van der Waals surface area contributed by atoms with E-state index in [1.54, 1.807) is 18.2 Å². The maximum Gasteiger partial charge on any atom is 0.253 e. The van der Waals surface area contributed by atoms with Crippen LogP contribution >= 0.6 is 0 Å². The average molecular weight is 325 g/mol. The molecule has 2 N–H and O–H groups in total. The number of nitrogens with zero attached hydrogens (tertiary/aromatic N) is 1. The van der Waals surface area contributed by atoms with Gasteiger partial charge in [-0.2, -0.15) is 0 Å². The van der Waals surface area contributed by atoms with Gasteiger partial charge in [-0.15, -0.1) is 0 Å². The average Bonchev–Trinajstić information content (AvgIpc) is 3.17. The Labute approximate surface area is 138 Å². The van der Waals surface area contributed by atoms with Crippen molar-refractivity contribution in [3.05, 3.63) is 48.5 Å². The number of amides is 2. The SMILES string of the molecule is O=C1CC(NNc2ccccc2)C(=O)N1c1ccc2c(c1)OCO2. The summed E-state index contributed by atoms with van der Waals surface area (Å²) in [5, 5.41) is 0. The van der Waals surface area contributed by atoms with E-state index in [0.717, 1.165) is 5.69 Å². The van der Waals surface area contributed by atoms with Crippen molar-refractivity contribution in [3.8, 4) is 11.5 Å². The van der Waals surface area contributed by atoms with Crippen LogP contribution in [0.4, 0.5) is 11.4 Å². The molecule has 2 aromatic carbocycles. The molecule has 1 saturated heterocycles. The first kappa shape index (κ1) is 14.5. The fourth-order valence-corrected chi connectivity index (χ4v) is 2.73. The molecule has 2 aliphatic rings. The highest BCUT2D eigenvalue weighted by Crippen LogP contribution is 2.36. The number of hydrazine groups is 1. The van der Waals surface area contributed by atoms with E-state index in [1.165, 1.54) is 4.90 Å². The van der Waals surface area contributed by atoms with Crippen LogP contribution in [0, 0.1) is 0 Å². The summed E-state index contributed by atoms with van der Waals surface area (Å²) in [4.78, 5) is 26.0. The molecular weight excluding hydrogens is 310 g/mol. The molecule has 2 heterocycles. The Balaban J connectivity index is 1.49. The van der Waals surface area contributed by atoms with Gasteiger partial charge >= 0.3 is 0 Å². The maximum atomic E-state index is 12.6. The monoisotopic (exact) mass is 325 g/mol. The van der Waals surface area contributed by atoms with Gasteiger partial charge in [0, 0.05) is 11.8 Å². The minimum absolute atomic E-state index is 0.0904. The number of imide groups is 1. The first-order valence-electron chi connectivity index (χ1n) is 7.55. The van der Waals surface area contributed by atoms with Gasteiger partial charge in [-0.3, -0.25) is 9.59 Å². The van der Waals surface area contributed by atoms with E-state index in [9.17, 15) is 9.59 Å². The largest absolute Gasteiger partial charge is 0.454 e. The molecule has 2 amide bonds. The van der Waals surface area contributed by atoms with Crippen LogP contribution in [0.15, 0.2) is 48.5 Å². The van der Waals surface area contributed by atoms with Crippen molar-refractivity contribution in [2.75, 3.05) is 17.1 Å². The lowest BCUT2D eigenvalue weighted by atomic mass is 10.2. The fourth-order valence-electron chi connectivity index (χ4n) is 2.73. The third-order valence-electron chi connectivity index (χ3n) is 3.93. The summed E-state index contributed by atoms with van der Waals surface area (Å²) in [6.45, 7) is 0.145. The van der Waals surface area contributed by atoms with Crippen molar-refractivity contribution in [2.24, 2.45) is 0 Å². The van der Waals surface area contributed by atoms with Crippen LogP contribution in [0.3, 0.4) is 0 Å². The zero-order valence-electron chi connectivity index (χ0n) is 12.7. The summed E-state index contributed by atoms with van der Waals surface area (Å²) in [5.74, 6) is 0.582. The Morgan fingerprint density at radius 2 is 1.79 bits per heavy atom. The number of hydrogen-bond acceptors (Lipinski definition) is 6. The Hall–Kier alpha value is -3.06. The Morgan fingerprint density at radius 3 is 2.62 bits per heavy atom. The summed E-state index contributed by atoms with van der Waals surface area (Å²) < 4.78 is 10.5. The molecule has 4 rings (SSSR count). The van der Waals surface area contributed by atoms with Gasteiger partial charge in [0.25, 0.3) is 5.91 Å². The molecular formula is C17H15N3O4. The number of nitrogens with one attached hydrogen (secondary N) is 2. The van der Waals surface area contributed by atoms with E-state index in [-0.39, 0.29) is 25.0 Å². The molecule has 0 saturated carbocycles. The smallest absolute Gasteiger partial charge is 0.253 e. The van der Waals surface area contributed by atoms with Crippen LogP contribution in [-0.4, -0.2) is 24.6 Å². The molecule has 2 aromatic rings. The van der Waals surface area contributed by atoms with E-state index in [2.05, 4.69) is 10.9 Å². The zero-order valence-corrected chi connectivity index (χ0v) is 12.7. The third kappa shape index (κ3) is 2.55. The van der Waals surface area contributed by atoms with Gasteiger partial charge in [0.2, 0.25) is 12.7 Å². The van der Waals surface area contributed by atoms with E-state index in [1.807, 2.05) is 30.3 Å². The van der Waals surface area contributed by atoms with Gasteiger partial charge in [-0.05, 0) is 24.3 Å². The van der Waals surface area contributed by atoms with Gasteiger partial charge in [-0.25, -0.2) is 10.3 Å². The molecule has 2 aliphatic heterocycles. The highest BCUT2D eigenvalue weighted by molar-refractivity contribution is 6.22. The maximum absolute atomic E-state index is 12.6. The molecule has 0 aliphatic carbocycles. The van der Waals surface area contributed by atoms with E-state index in [4.69, 9.17) is 9.47 Å². The standard InChI is InChI=1S/C17H15N3O4/c21-16-9-13(19-18-11-4-2-1-3-5-11)17(22)20(16)12-6-7-14-15(8-12)24-10-23-14/h1-8,13,18-19H,9-10H2. The predicted octanol–water partition coefficient (Wildman–Crippen LogP) is 1.66. The van der Waals surface area contributed by atoms with Gasteiger partial charge in [0.1, 0.15) is 6.04 Å². The van der Waals surface area contributed by atoms with Crippen molar-refractivity contribution in [3.63, 3.8) is 0 Å². The molecule has 24 heavy (non-hydrogen) atoms. The number of fused-ring (bicyclic) bond motifs is 1. The van der Waals surface area contributed by atoms with Crippen LogP contribution in [-0.2, 0) is 9.59 Å². The second-order valence-corrected chi connectivity index (χ2v) is 5.50. The number of anilines is 2. The van der Waals surface area contributed by atoms with Gasteiger partial charge in [-0.1, -0.05) is 18.2 Å². The molecule has 7 heteroatoms. The molecule has 122 valence electrons. The minimum atomic E-state index is -0.622. The van der Waals surface area contributed by atoms with Crippen molar-refractivity contribution >= 4 is 23.2 Å². The summed E-state index contributed by atoms with van der Waals surface area (Å²) in [6, 6.07) is 13.8. The Kier molecular flexibility index (Phi) is 3.55. The number of carbonyl (C=O) groups excluding carboxylic acids is 2. The fraction of sp³-hybridized carbons (Fsp3) is 0.176. The van der Waals surface area contributed by atoms with Gasteiger partial charge in [0.15, 0.2) is 11.5 Å². The molecule has 0 aromatic heterocycles. The summed E-state index contributed by atoms with van der Waals surface area (Å²) >= 11 is 0. The van der Waals surface area contributed by atoms with Crippen LogP contribution in [0.25, 0.3) is 0 Å². The van der Waals surface area contributed by atoms with Crippen molar-refractivity contribution in [1.82, 2.24) is 5.43 Å². The first-order valence-corrected chi connectivity index (χ1v) is 7.55.